The fourth-order valence-corrected chi connectivity index (χ4v) is 10.7. The first-order valence-corrected chi connectivity index (χ1v) is 26.8. The Bertz CT molecular complexity index is 2030. The Morgan fingerprint density at radius 3 is 2.24 bits per heavy atom. The van der Waals surface area contributed by atoms with Crippen LogP contribution in [-0.2, 0) is 57.7 Å². The minimum Gasteiger partial charge on any atom is -0.460 e. The molecule has 0 spiro atoms. The number of ketones is 3. The number of cyclic esters (lactones) is 1. The van der Waals surface area contributed by atoms with Gasteiger partial charge in [-0.05, 0) is 109 Å². The van der Waals surface area contributed by atoms with Crippen molar-refractivity contribution in [1.82, 2.24) is 9.62 Å². The second-order valence-electron chi connectivity index (χ2n) is 20.4. The van der Waals surface area contributed by atoms with Crippen LogP contribution >= 0.6 is 0 Å². The number of esters is 1. The van der Waals surface area contributed by atoms with Gasteiger partial charge in [-0.3, -0.25) is 19.2 Å². The maximum absolute atomic E-state index is 14.1. The van der Waals surface area contributed by atoms with Crippen molar-refractivity contribution in [3.63, 3.8) is 0 Å². The van der Waals surface area contributed by atoms with Crippen molar-refractivity contribution in [2.24, 2.45) is 29.6 Å². The van der Waals surface area contributed by atoms with Crippen molar-refractivity contribution < 1.29 is 71.4 Å². The van der Waals surface area contributed by atoms with Gasteiger partial charge in [-0.25, -0.2) is 17.9 Å². The van der Waals surface area contributed by atoms with Crippen LogP contribution in [0, 0.1) is 29.6 Å². The van der Waals surface area contributed by atoms with Gasteiger partial charge in [-0.15, -0.1) is 0 Å². The van der Waals surface area contributed by atoms with Gasteiger partial charge in [0.25, 0.3) is 11.7 Å². The smallest absolute Gasteiger partial charge is 0.328 e. The summed E-state index contributed by atoms with van der Waals surface area (Å²) in [6, 6.07) is -2.25. The summed E-state index contributed by atoms with van der Waals surface area (Å²) in [6.07, 6.45) is 12.4. The molecule has 0 aromatic rings. The maximum atomic E-state index is 14.1. The van der Waals surface area contributed by atoms with E-state index >= 15 is 0 Å². The van der Waals surface area contributed by atoms with E-state index in [2.05, 4.69) is 4.72 Å². The number of rotatable bonds is 11. The van der Waals surface area contributed by atoms with E-state index in [1.807, 2.05) is 13.0 Å². The van der Waals surface area contributed by atoms with Gasteiger partial charge in [-0.1, -0.05) is 69.7 Å². The number of hydrogen-bond acceptors (Lipinski definition) is 15. The first kappa shape index (κ1) is 59.1. The highest BCUT2D eigenvalue weighted by Crippen LogP contribution is 2.38. The Morgan fingerprint density at radius 1 is 0.900 bits per heavy atom. The number of fused-ring (bicyclic) bond motifs is 2. The molecular formula is C52H82N2O15S. The maximum Gasteiger partial charge on any atom is 0.328 e. The lowest BCUT2D eigenvalue weighted by atomic mass is 9.78. The van der Waals surface area contributed by atoms with Gasteiger partial charge >= 0.3 is 5.97 Å². The number of methoxy groups -OCH3 is 2. The van der Waals surface area contributed by atoms with Gasteiger partial charge in [0, 0.05) is 51.5 Å². The molecule has 1 amide bonds. The molecule has 14 atom stereocenters. The molecule has 2 saturated carbocycles. The highest BCUT2D eigenvalue weighted by atomic mass is 32.2. The number of carbonyl (C=O) groups is 5. The fraction of sp³-hybridized carbons (Fsp3) is 0.750. The van der Waals surface area contributed by atoms with Crippen LogP contribution in [0.5, 0.6) is 0 Å². The summed E-state index contributed by atoms with van der Waals surface area (Å²) in [5.41, 5.74) is 0.908. The van der Waals surface area contributed by atoms with Crippen LogP contribution in [0.25, 0.3) is 0 Å². The number of allylic oxidation sites excluding steroid dienone is 6. The van der Waals surface area contributed by atoms with E-state index in [1.165, 1.54) is 21.1 Å². The minimum atomic E-state index is -3.99. The predicted octanol–water partition coefficient (Wildman–Crippen LogP) is 4.85. The molecule has 2 heterocycles. The third-order valence-corrected chi connectivity index (χ3v) is 16.1. The normalized spacial score (nSPS) is 37.7. The number of amides is 1. The van der Waals surface area contributed by atoms with Crippen LogP contribution < -0.4 is 4.72 Å². The summed E-state index contributed by atoms with van der Waals surface area (Å²) >= 11 is 0. The third-order valence-electron chi connectivity index (χ3n) is 14.7. The molecule has 0 radical (unpaired) electrons. The van der Waals surface area contributed by atoms with E-state index in [0.29, 0.717) is 43.3 Å². The summed E-state index contributed by atoms with van der Waals surface area (Å²) in [5.74, 6) is -9.52. The van der Waals surface area contributed by atoms with Crippen molar-refractivity contribution in [3.05, 3.63) is 47.6 Å². The number of ether oxygens (including phenoxy) is 5. The lowest BCUT2D eigenvalue weighted by molar-refractivity contribution is -0.263. The van der Waals surface area contributed by atoms with Crippen LogP contribution in [0.1, 0.15) is 126 Å². The molecule has 396 valence electrons. The highest BCUT2D eigenvalue weighted by Gasteiger charge is 2.52. The molecule has 4 N–H and O–H groups in total. The second kappa shape index (κ2) is 27.0. The molecule has 18 heteroatoms. The Kier molecular flexibility index (Phi) is 22.8. The predicted molar refractivity (Wildman–Crippen MR) is 262 cm³/mol. The molecular weight excluding hydrogens is 925 g/mol. The number of aliphatic hydroxyl groups excluding tert-OH is 2. The second-order valence-corrected chi connectivity index (χ2v) is 22.2. The largest absolute Gasteiger partial charge is 0.460 e. The molecule has 1 saturated heterocycles. The zero-order valence-electron chi connectivity index (χ0n) is 43.0. The van der Waals surface area contributed by atoms with Crippen molar-refractivity contribution in [3.8, 4) is 0 Å². The number of aliphatic hydroxyl groups is 3. The number of sulfonamides is 1. The first-order valence-electron chi connectivity index (χ1n) is 25.1. The van der Waals surface area contributed by atoms with Crippen LogP contribution in [-0.4, -0.2) is 152 Å². The SMILES string of the molecule is COC1C(=O)C(C)CC\C=C/C=C\C=C(\C)[C@@H](NS(=O)(=O)CCO)C[C@H]2CC[C@H](C)[C@](O)(O2)C(=O)C(=O)N(C)C(C)C(=O)OC([C@H](C)C[C@@H]2CC[C@@H](OC3CC3)[C@H](OC)C2)CC(=O)C(C)/C=C(/C)C1O. The quantitative estimate of drug-likeness (QED) is 0.123. The lowest BCUT2D eigenvalue weighted by Crippen LogP contribution is -2.59. The van der Waals surface area contributed by atoms with Gasteiger partial charge in [0.05, 0.1) is 36.8 Å². The Morgan fingerprint density at radius 2 is 1.60 bits per heavy atom. The van der Waals surface area contributed by atoms with Gasteiger partial charge < -0.3 is 43.9 Å². The highest BCUT2D eigenvalue weighted by molar-refractivity contribution is 7.89. The van der Waals surface area contributed by atoms with Crippen molar-refractivity contribution in [2.45, 2.75) is 186 Å². The van der Waals surface area contributed by atoms with E-state index < -0.39 is 100 Å². The number of Topliss-reactive ketones (excluding diaryl/α,β-unsaturated/α-hetero) is 3. The molecule has 17 nitrogen and oxygen atoms in total. The average Bonchev–Trinajstić information content (AvgIpc) is 4.14. The van der Waals surface area contributed by atoms with Crippen LogP contribution in [0.3, 0.4) is 0 Å². The van der Waals surface area contributed by atoms with E-state index in [1.54, 1.807) is 72.1 Å². The van der Waals surface area contributed by atoms with E-state index in [0.717, 1.165) is 30.6 Å². The van der Waals surface area contributed by atoms with Crippen molar-refractivity contribution in [1.29, 1.82) is 0 Å². The molecule has 70 heavy (non-hydrogen) atoms. The number of nitrogens with zero attached hydrogens (tertiary/aromatic N) is 1. The lowest BCUT2D eigenvalue weighted by Gasteiger charge is -2.42. The molecule has 0 aromatic carbocycles. The van der Waals surface area contributed by atoms with Crippen LogP contribution in [0.4, 0.5) is 0 Å². The average molecular weight is 1010 g/mol. The number of nitrogens with one attached hydrogen (secondary N) is 1. The summed E-state index contributed by atoms with van der Waals surface area (Å²) in [5, 5.41) is 32.7. The zero-order chi connectivity index (χ0) is 52.1. The molecule has 2 aliphatic carbocycles. The summed E-state index contributed by atoms with van der Waals surface area (Å²) in [6.45, 7) is 11.0. The molecule has 4 rings (SSSR count). The van der Waals surface area contributed by atoms with Gasteiger partial charge in [0.15, 0.2) is 5.78 Å². The van der Waals surface area contributed by atoms with Gasteiger partial charge in [-0.2, -0.15) is 0 Å². The summed E-state index contributed by atoms with van der Waals surface area (Å²) in [7, 11) is 0.265. The summed E-state index contributed by atoms with van der Waals surface area (Å²) in [4.78, 5) is 70.8. The molecule has 2 bridgehead atoms. The van der Waals surface area contributed by atoms with Crippen LogP contribution in [0.2, 0.25) is 0 Å². The topological polar surface area (TPSA) is 242 Å². The Labute approximate surface area is 415 Å². The van der Waals surface area contributed by atoms with Crippen molar-refractivity contribution >= 4 is 39.2 Å². The minimum absolute atomic E-state index is 0.0139. The van der Waals surface area contributed by atoms with Gasteiger partial charge in [0.1, 0.15) is 30.1 Å². The Hall–Kier alpha value is -3.46. The van der Waals surface area contributed by atoms with Crippen molar-refractivity contribution in [2.75, 3.05) is 33.6 Å². The standard InChI is InChI=1S/C52H82N2O15S/c1-31-16-14-12-11-13-15-17-32(2)46(57)48(66-10)47(58)35(5)26-33(3)42(56)30-44(34(4)27-38-19-23-43(45(28-38)65-9)67-39-21-22-39)68-51(61)37(7)54(8)50(60)49(59)52(62)36(6)18-20-40(69-52)29-41(31)53-70(63,64)25-24-55/h11-14,16,26,32-34,36-41,43-45,47-48,53,55,58,62H,15,17-25,27-30H2,1-10H3/b13-11-,14-12-,31-16-,35-26-/t32?,33?,34-,36+,37?,38+,40-,41+,43-,44?,45-,47?,48?,52+/m1/s1. The molecule has 2 aliphatic heterocycles. The zero-order valence-corrected chi connectivity index (χ0v) is 43.9. The number of likely N-dealkylation sites (N-methyl/N-ethyl adjacent to an activating group) is 1. The number of hydrogen-bond donors (Lipinski definition) is 4. The fourth-order valence-electron chi connectivity index (χ4n) is 9.62. The Balaban J connectivity index is 1.67. The molecule has 0 aromatic heterocycles. The summed E-state index contributed by atoms with van der Waals surface area (Å²) < 4.78 is 58.3. The molecule has 4 aliphatic rings. The first-order chi connectivity index (χ1) is 33.0. The van der Waals surface area contributed by atoms with Crippen LogP contribution in [0.15, 0.2) is 47.6 Å². The van der Waals surface area contributed by atoms with Gasteiger partial charge in [0.2, 0.25) is 15.8 Å². The molecule has 6 unspecified atom stereocenters. The molecule has 3 fully saturated rings. The number of carbonyl (C=O) groups excluding carboxylic acids is 5. The monoisotopic (exact) mass is 1010 g/mol. The van der Waals surface area contributed by atoms with E-state index in [9.17, 15) is 47.7 Å². The third kappa shape index (κ3) is 16.5. The van der Waals surface area contributed by atoms with E-state index in [4.69, 9.17) is 23.7 Å². The van der Waals surface area contributed by atoms with E-state index in [-0.39, 0.29) is 61.0 Å².